The van der Waals surface area contributed by atoms with Crippen LogP contribution in [-0.2, 0) is 12.8 Å². The summed E-state index contributed by atoms with van der Waals surface area (Å²) in [4.78, 5) is 11.9. The fourth-order valence-electron chi connectivity index (χ4n) is 2.02. The maximum absolute atomic E-state index is 11.9. The van der Waals surface area contributed by atoms with Crippen molar-refractivity contribution in [3.63, 3.8) is 0 Å². The van der Waals surface area contributed by atoms with Crippen LogP contribution in [0.2, 0.25) is 0 Å². The number of benzene rings is 1. The minimum absolute atomic E-state index is 0.114. The Morgan fingerprint density at radius 2 is 1.59 bits per heavy atom. The van der Waals surface area contributed by atoms with Crippen molar-refractivity contribution >= 4 is 5.78 Å². The van der Waals surface area contributed by atoms with E-state index in [1.165, 1.54) is 11.1 Å². The predicted molar refractivity (Wildman–Crippen MR) is 73.6 cm³/mol. The minimum atomic E-state index is 0.114. The highest BCUT2D eigenvalue weighted by Gasteiger charge is 2.05. The van der Waals surface area contributed by atoms with Crippen LogP contribution in [0.15, 0.2) is 30.4 Å². The first-order valence-corrected chi connectivity index (χ1v) is 6.51. The maximum atomic E-state index is 11.9. The fourth-order valence-corrected chi connectivity index (χ4v) is 2.02. The maximum Gasteiger partial charge on any atom is 0.185 e. The molecule has 1 nitrogen and oxygen atoms in total. The monoisotopic (exact) mass is 230 g/mol. The Morgan fingerprint density at radius 3 is 2.00 bits per heavy atom. The average molecular weight is 230 g/mol. The van der Waals surface area contributed by atoms with Crippen LogP contribution in [0.3, 0.4) is 0 Å². The first-order chi connectivity index (χ1) is 8.21. The van der Waals surface area contributed by atoms with Crippen LogP contribution >= 0.6 is 0 Å². The molecular weight excluding hydrogens is 208 g/mol. The second kappa shape index (κ2) is 7.05. The molecule has 0 aromatic heterocycles. The van der Waals surface area contributed by atoms with Gasteiger partial charge in [0.2, 0.25) is 0 Å². The smallest absolute Gasteiger partial charge is 0.185 e. The van der Waals surface area contributed by atoms with Gasteiger partial charge in [-0.1, -0.05) is 38.8 Å². The third kappa shape index (κ3) is 4.18. The lowest BCUT2D eigenvalue weighted by molar-refractivity contribution is 0.104. The van der Waals surface area contributed by atoms with Crippen LogP contribution in [0.1, 0.15) is 55.1 Å². The number of aryl methyl sites for hydroxylation is 2. The van der Waals surface area contributed by atoms with E-state index >= 15 is 0 Å². The van der Waals surface area contributed by atoms with Crippen LogP contribution < -0.4 is 0 Å². The van der Waals surface area contributed by atoms with Gasteiger partial charge in [-0.25, -0.2) is 0 Å². The third-order valence-electron chi connectivity index (χ3n) is 2.73. The van der Waals surface area contributed by atoms with Gasteiger partial charge >= 0.3 is 0 Å². The van der Waals surface area contributed by atoms with E-state index in [1.54, 1.807) is 12.2 Å². The van der Waals surface area contributed by atoms with Crippen LogP contribution in [0.25, 0.3) is 0 Å². The van der Waals surface area contributed by atoms with Crippen molar-refractivity contribution in [2.24, 2.45) is 0 Å². The molecule has 0 fully saturated rings. The summed E-state index contributed by atoms with van der Waals surface area (Å²) in [7, 11) is 0. The number of hydrogen-bond donors (Lipinski definition) is 0. The lowest BCUT2D eigenvalue weighted by atomic mass is 9.98. The molecule has 0 N–H and O–H groups in total. The van der Waals surface area contributed by atoms with Gasteiger partial charge in [0.15, 0.2) is 5.78 Å². The molecule has 1 heteroatoms. The largest absolute Gasteiger partial charge is 0.289 e. The molecule has 1 rings (SSSR count). The number of rotatable bonds is 6. The van der Waals surface area contributed by atoms with E-state index in [0.29, 0.717) is 0 Å². The highest BCUT2D eigenvalue weighted by atomic mass is 16.1. The molecule has 0 bridgehead atoms. The Balaban J connectivity index is 3.06. The van der Waals surface area contributed by atoms with Gasteiger partial charge < -0.3 is 0 Å². The van der Waals surface area contributed by atoms with Gasteiger partial charge in [0.1, 0.15) is 0 Å². The molecule has 0 amide bonds. The molecule has 17 heavy (non-hydrogen) atoms. The van der Waals surface area contributed by atoms with Crippen LogP contribution in [0.4, 0.5) is 0 Å². The van der Waals surface area contributed by atoms with Crippen molar-refractivity contribution in [1.29, 1.82) is 0 Å². The van der Waals surface area contributed by atoms with Gasteiger partial charge in [-0.3, -0.25) is 4.79 Å². The molecular formula is C16H22O. The Kier molecular flexibility index (Phi) is 5.68. The molecule has 0 saturated heterocycles. The summed E-state index contributed by atoms with van der Waals surface area (Å²) in [5, 5.41) is 0. The molecule has 0 unspecified atom stereocenters. The summed E-state index contributed by atoms with van der Waals surface area (Å²) >= 11 is 0. The van der Waals surface area contributed by atoms with E-state index in [9.17, 15) is 4.79 Å². The Bertz CT molecular complexity index is 378. The van der Waals surface area contributed by atoms with Gasteiger partial charge in [0.25, 0.3) is 0 Å². The van der Waals surface area contributed by atoms with Gasteiger partial charge in [0, 0.05) is 5.56 Å². The second-order valence-corrected chi connectivity index (χ2v) is 4.40. The molecule has 0 saturated carbocycles. The highest BCUT2D eigenvalue weighted by Crippen LogP contribution is 2.15. The van der Waals surface area contributed by atoms with E-state index in [-0.39, 0.29) is 5.78 Å². The molecule has 0 aliphatic heterocycles. The predicted octanol–water partition coefficient (Wildman–Crippen LogP) is 4.35. The molecule has 0 atom stereocenters. The molecule has 0 spiro atoms. The van der Waals surface area contributed by atoms with Crippen LogP contribution in [-0.4, -0.2) is 5.78 Å². The van der Waals surface area contributed by atoms with Crippen LogP contribution in [0, 0.1) is 0 Å². The van der Waals surface area contributed by atoms with Crippen LogP contribution in [0.5, 0.6) is 0 Å². The van der Waals surface area contributed by atoms with E-state index in [1.807, 2.05) is 19.1 Å². The summed E-state index contributed by atoms with van der Waals surface area (Å²) in [6, 6.07) is 6.30. The molecule has 0 aliphatic carbocycles. The van der Waals surface area contributed by atoms with Gasteiger partial charge in [-0.2, -0.15) is 0 Å². The minimum Gasteiger partial charge on any atom is -0.289 e. The Hall–Kier alpha value is -1.37. The summed E-state index contributed by atoms with van der Waals surface area (Å²) in [5.74, 6) is 0.114. The van der Waals surface area contributed by atoms with Crippen molar-refractivity contribution < 1.29 is 4.79 Å². The van der Waals surface area contributed by atoms with E-state index in [2.05, 4.69) is 19.9 Å². The van der Waals surface area contributed by atoms with Gasteiger partial charge in [0.05, 0.1) is 0 Å². The highest BCUT2D eigenvalue weighted by molar-refractivity contribution is 6.04. The normalized spacial score (nSPS) is 11.0. The zero-order valence-electron chi connectivity index (χ0n) is 11.1. The zero-order chi connectivity index (χ0) is 12.7. The Labute approximate surface area is 105 Å². The molecule has 1 aromatic carbocycles. The fraction of sp³-hybridized carbons (Fsp3) is 0.438. The molecule has 1 aromatic rings. The van der Waals surface area contributed by atoms with Gasteiger partial charge in [-0.05, 0) is 49.1 Å². The quantitative estimate of drug-likeness (QED) is 0.524. The second-order valence-electron chi connectivity index (χ2n) is 4.40. The SMILES string of the molecule is C/C=C/C(=O)c1cc(CCC)cc(CCC)c1. The summed E-state index contributed by atoms with van der Waals surface area (Å²) in [5.41, 5.74) is 3.40. The van der Waals surface area contributed by atoms with E-state index < -0.39 is 0 Å². The lowest BCUT2D eigenvalue weighted by Crippen LogP contribution is -1.99. The molecule has 0 radical (unpaired) electrons. The summed E-state index contributed by atoms with van der Waals surface area (Å²) in [6.07, 6.45) is 7.77. The first-order valence-electron chi connectivity index (χ1n) is 6.51. The topological polar surface area (TPSA) is 17.1 Å². The van der Waals surface area contributed by atoms with Crippen molar-refractivity contribution in [3.8, 4) is 0 Å². The number of ketones is 1. The third-order valence-corrected chi connectivity index (χ3v) is 2.73. The Morgan fingerprint density at radius 1 is 1.06 bits per heavy atom. The van der Waals surface area contributed by atoms with E-state index in [4.69, 9.17) is 0 Å². The van der Waals surface area contributed by atoms with Crippen molar-refractivity contribution in [2.75, 3.05) is 0 Å². The van der Waals surface area contributed by atoms with Crippen molar-refractivity contribution in [2.45, 2.75) is 46.5 Å². The summed E-state index contributed by atoms with van der Waals surface area (Å²) in [6.45, 7) is 6.21. The molecule has 92 valence electrons. The molecule has 0 heterocycles. The standard InChI is InChI=1S/C16H22O/c1-4-7-13-10-14(8-5-2)12-15(11-13)16(17)9-6-3/h6,9-12H,4-5,7-8H2,1-3H3/b9-6+. The van der Waals surface area contributed by atoms with E-state index in [0.717, 1.165) is 31.2 Å². The number of carbonyl (C=O) groups is 1. The number of hydrogen-bond acceptors (Lipinski definition) is 1. The van der Waals surface area contributed by atoms with Gasteiger partial charge in [-0.15, -0.1) is 0 Å². The van der Waals surface area contributed by atoms with Crippen molar-refractivity contribution in [1.82, 2.24) is 0 Å². The van der Waals surface area contributed by atoms with Crippen molar-refractivity contribution in [3.05, 3.63) is 47.0 Å². The first kappa shape index (κ1) is 13.7. The molecule has 0 aliphatic rings. The number of carbonyl (C=O) groups excluding carboxylic acids is 1. The number of allylic oxidation sites excluding steroid dienone is 2. The average Bonchev–Trinajstić information content (AvgIpc) is 2.30. The zero-order valence-corrected chi connectivity index (χ0v) is 11.1. The summed E-state index contributed by atoms with van der Waals surface area (Å²) < 4.78 is 0. The lowest BCUT2D eigenvalue weighted by Gasteiger charge is -2.07.